The molecule has 0 saturated heterocycles. The van der Waals surface area contributed by atoms with Gasteiger partial charge in [0, 0.05) is 0 Å². The van der Waals surface area contributed by atoms with Gasteiger partial charge in [-0.25, -0.2) is 0 Å². The summed E-state index contributed by atoms with van der Waals surface area (Å²) in [5, 5.41) is 2.80. The molecule has 0 radical (unpaired) electrons. The summed E-state index contributed by atoms with van der Waals surface area (Å²) in [6, 6.07) is 0. The molecule has 0 spiro atoms. The van der Waals surface area contributed by atoms with E-state index in [2.05, 4.69) is 42.4 Å². The molecule has 0 aromatic carbocycles. The molecule has 0 aromatic rings. The second-order valence-corrected chi connectivity index (χ2v) is 2.96. The standard InChI is InChI=1S/C4H8N2OS3/c5-3(8)7-2-1-6-4(9)10/h1-2H2,(H2,5,8)(H2,6,9,10). The molecule has 0 rings (SSSR count). The van der Waals surface area contributed by atoms with E-state index in [1.54, 1.807) is 0 Å². The van der Waals surface area contributed by atoms with Gasteiger partial charge < -0.3 is 15.8 Å². The van der Waals surface area contributed by atoms with Crippen LogP contribution < -0.4 is 11.1 Å². The zero-order valence-corrected chi connectivity index (χ0v) is 7.69. The first kappa shape index (κ1) is 9.93. The number of hydrogen-bond donors (Lipinski definition) is 3. The molecule has 3 nitrogen and oxygen atoms in total. The van der Waals surface area contributed by atoms with Crippen LogP contribution in [0.15, 0.2) is 0 Å². The number of ether oxygens (including phenoxy) is 1. The molecule has 0 unspecified atom stereocenters. The second-order valence-electron chi connectivity index (χ2n) is 1.40. The molecule has 0 atom stereocenters. The fraction of sp³-hybridized carbons (Fsp3) is 0.500. The molecule has 58 valence electrons. The van der Waals surface area contributed by atoms with Crippen LogP contribution in [0, 0.1) is 0 Å². The number of nitrogens with two attached hydrogens (primary N) is 1. The third-order valence-electron chi connectivity index (χ3n) is 0.623. The average Bonchev–Trinajstić information content (AvgIpc) is 1.79. The van der Waals surface area contributed by atoms with E-state index in [1.807, 2.05) is 0 Å². The maximum absolute atomic E-state index is 5.04. The minimum atomic E-state index is 0.0480. The molecule has 0 aliphatic rings. The first-order valence-electron chi connectivity index (χ1n) is 2.52. The quantitative estimate of drug-likeness (QED) is 0.338. The molecule has 0 heterocycles. The van der Waals surface area contributed by atoms with Crippen molar-refractivity contribution in [2.24, 2.45) is 5.73 Å². The van der Waals surface area contributed by atoms with E-state index in [1.165, 1.54) is 0 Å². The van der Waals surface area contributed by atoms with Gasteiger partial charge in [0.2, 0.25) is 0 Å². The van der Waals surface area contributed by atoms with Crippen molar-refractivity contribution < 1.29 is 4.74 Å². The molecule has 0 aliphatic heterocycles. The Hall–Kier alpha value is -0.0700. The van der Waals surface area contributed by atoms with Gasteiger partial charge in [0.1, 0.15) is 10.9 Å². The Balaban J connectivity index is 3.06. The first-order chi connectivity index (χ1) is 4.63. The van der Waals surface area contributed by atoms with Crippen LogP contribution in [0.2, 0.25) is 0 Å². The van der Waals surface area contributed by atoms with Crippen LogP contribution in [0.1, 0.15) is 0 Å². The highest BCUT2D eigenvalue weighted by Gasteiger charge is 1.89. The topological polar surface area (TPSA) is 47.3 Å². The lowest BCUT2D eigenvalue weighted by atomic mass is 10.7. The van der Waals surface area contributed by atoms with Crippen LogP contribution in [0.3, 0.4) is 0 Å². The summed E-state index contributed by atoms with van der Waals surface area (Å²) in [7, 11) is 0. The first-order valence-corrected chi connectivity index (χ1v) is 3.78. The molecular weight excluding hydrogens is 188 g/mol. The van der Waals surface area contributed by atoms with Crippen molar-refractivity contribution in [3.05, 3.63) is 0 Å². The summed E-state index contributed by atoms with van der Waals surface area (Å²) >= 11 is 12.9. The Morgan fingerprint density at radius 3 is 2.60 bits per heavy atom. The van der Waals surface area contributed by atoms with E-state index >= 15 is 0 Å². The van der Waals surface area contributed by atoms with E-state index in [-0.39, 0.29) is 5.17 Å². The highest BCUT2D eigenvalue weighted by Crippen LogP contribution is 1.77. The highest BCUT2D eigenvalue weighted by molar-refractivity contribution is 8.11. The van der Waals surface area contributed by atoms with E-state index in [9.17, 15) is 0 Å². The van der Waals surface area contributed by atoms with Gasteiger partial charge in [-0.3, -0.25) is 0 Å². The zero-order valence-electron chi connectivity index (χ0n) is 5.16. The summed E-state index contributed by atoms with van der Waals surface area (Å²) in [4.78, 5) is 0. The second kappa shape index (κ2) is 5.70. The van der Waals surface area contributed by atoms with Gasteiger partial charge in [-0.15, -0.1) is 12.6 Å². The Bertz CT molecular complexity index is 122. The number of thiocarbonyl (C=S) groups is 2. The number of thiol groups is 1. The molecule has 10 heavy (non-hydrogen) atoms. The van der Waals surface area contributed by atoms with Crippen LogP contribution in [0.5, 0.6) is 0 Å². The number of rotatable bonds is 3. The highest BCUT2D eigenvalue weighted by atomic mass is 32.1. The Labute approximate surface area is 75.7 Å². The lowest BCUT2D eigenvalue weighted by Crippen LogP contribution is -2.24. The normalized spacial score (nSPS) is 8.50. The lowest BCUT2D eigenvalue weighted by Gasteiger charge is -2.03. The SMILES string of the molecule is NC(=S)OCCNC(=S)S. The maximum Gasteiger partial charge on any atom is 0.254 e. The number of nitrogens with one attached hydrogen (secondary N) is 1. The third kappa shape index (κ3) is 7.93. The molecule has 0 saturated carbocycles. The maximum atomic E-state index is 5.04. The van der Waals surface area contributed by atoms with Crippen LogP contribution in [0.4, 0.5) is 0 Å². The van der Waals surface area contributed by atoms with Crippen molar-refractivity contribution in [1.82, 2.24) is 5.32 Å². The average molecular weight is 196 g/mol. The van der Waals surface area contributed by atoms with E-state index < -0.39 is 0 Å². The molecule has 0 aliphatic carbocycles. The minimum Gasteiger partial charge on any atom is -0.469 e. The van der Waals surface area contributed by atoms with Gasteiger partial charge >= 0.3 is 0 Å². The van der Waals surface area contributed by atoms with Crippen molar-refractivity contribution in [2.75, 3.05) is 13.2 Å². The predicted molar refractivity (Wildman–Crippen MR) is 52.3 cm³/mol. The van der Waals surface area contributed by atoms with Gasteiger partial charge in [-0.05, 0) is 12.2 Å². The van der Waals surface area contributed by atoms with Crippen molar-refractivity contribution in [2.45, 2.75) is 0 Å². The summed E-state index contributed by atoms with van der Waals surface area (Å²) in [5.74, 6) is 0. The minimum absolute atomic E-state index is 0.0480. The van der Waals surface area contributed by atoms with Crippen molar-refractivity contribution in [1.29, 1.82) is 0 Å². The summed E-state index contributed by atoms with van der Waals surface area (Å²) in [5.41, 5.74) is 5.04. The molecule has 0 bridgehead atoms. The smallest absolute Gasteiger partial charge is 0.254 e. The van der Waals surface area contributed by atoms with Gasteiger partial charge in [0.05, 0.1) is 6.54 Å². The fourth-order valence-electron chi connectivity index (χ4n) is 0.310. The Morgan fingerprint density at radius 1 is 1.60 bits per heavy atom. The Morgan fingerprint density at radius 2 is 2.20 bits per heavy atom. The van der Waals surface area contributed by atoms with Crippen LogP contribution in [-0.2, 0) is 4.74 Å². The van der Waals surface area contributed by atoms with Crippen LogP contribution in [-0.4, -0.2) is 22.6 Å². The largest absolute Gasteiger partial charge is 0.469 e. The van der Waals surface area contributed by atoms with Crippen molar-refractivity contribution >= 4 is 46.6 Å². The van der Waals surface area contributed by atoms with Crippen molar-refractivity contribution in [3.63, 3.8) is 0 Å². The van der Waals surface area contributed by atoms with Gasteiger partial charge in [0.15, 0.2) is 0 Å². The molecular formula is C4H8N2OS3. The molecule has 3 N–H and O–H groups in total. The van der Waals surface area contributed by atoms with Gasteiger partial charge in [0.25, 0.3) is 5.17 Å². The molecule has 0 amide bonds. The van der Waals surface area contributed by atoms with Crippen LogP contribution in [0.25, 0.3) is 0 Å². The molecule has 6 heteroatoms. The van der Waals surface area contributed by atoms with Crippen LogP contribution >= 0.6 is 37.1 Å². The van der Waals surface area contributed by atoms with Gasteiger partial charge in [-0.2, -0.15) is 0 Å². The molecule has 0 aromatic heterocycles. The summed E-state index contributed by atoms with van der Waals surface area (Å²) < 4.78 is 5.18. The Kier molecular flexibility index (Phi) is 5.66. The van der Waals surface area contributed by atoms with E-state index in [4.69, 9.17) is 10.5 Å². The monoisotopic (exact) mass is 196 g/mol. The summed E-state index contributed by atoms with van der Waals surface area (Å²) in [6.45, 7) is 0.982. The van der Waals surface area contributed by atoms with E-state index in [0.717, 1.165) is 0 Å². The lowest BCUT2D eigenvalue weighted by molar-refractivity contribution is 0.314. The number of hydrogen-bond acceptors (Lipinski definition) is 3. The zero-order chi connectivity index (χ0) is 7.98. The predicted octanol–water partition coefficient (Wildman–Crippen LogP) is 0.0509. The van der Waals surface area contributed by atoms with Gasteiger partial charge in [-0.1, -0.05) is 12.2 Å². The fourth-order valence-corrected chi connectivity index (χ4v) is 0.607. The van der Waals surface area contributed by atoms with Crippen molar-refractivity contribution in [3.8, 4) is 0 Å². The molecule has 0 fully saturated rings. The summed E-state index contributed by atoms with van der Waals surface area (Å²) in [6.07, 6.45) is 0. The van der Waals surface area contributed by atoms with E-state index in [0.29, 0.717) is 17.5 Å². The third-order valence-corrected chi connectivity index (χ3v) is 1.04.